The van der Waals surface area contributed by atoms with Crippen molar-refractivity contribution >= 4 is 34.0 Å². The Morgan fingerprint density at radius 1 is 0.853 bits per heavy atom. The molecule has 7 heteroatoms. The van der Waals surface area contributed by atoms with Crippen molar-refractivity contribution in [3.05, 3.63) is 102 Å². The van der Waals surface area contributed by atoms with Crippen LogP contribution in [0.1, 0.15) is 33.2 Å². The molecule has 0 aliphatic carbocycles. The highest BCUT2D eigenvalue weighted by molar-refractivity contribution is 6.10. The number of fused-ring (bicyclic) bond motifs is 1. The van der Waals surface area contributed by atoms with Gasteiger partial charge < -0.3 is 15.2 Å². The summed E-state index contributed by atoms with van der Waals surface area (Å²) >= 11 is 0. The smallest absolute Gasteiger partial charge is 0.275 e. The molecule has 7 nitrogen and oxygen atoms in total. The maximum absolute atomic E-state index is 12.8. The van der Waals surface area contributed by atoms with Crippen molar-refractivity contribution in [3.8, 4) is 11.5 Å². The van der Waals surface area contributed by atoms with E-state index in [1.54, 1.807) is 74.7 Å². The second-order valence-corrected chi connectivity index (χ2v) is 7.58. The van der Waals surface area contributed by atoms with E-state index in [2.05, 4.69) is 15.8 Å². The van der Waals surface area contributed by atoms with E-state index >= 15 is 0 Å². The maximum atomic E-state index is 12.8. The zero-order valence-electron chi connectivity index (χ0n) is 18.7. The lowest BCUT2D eigenvalue weighted by Crippen LogP contribution is -2.20. The number of nitrogens with one attached hydrogen (secondary N) is 2. The van der Waals surface area contributed by atoms with Crippen molar-refractivity contribution in [2.24, 2.45) is 5.10 Å². The lowest BCUT2D eigenvalue weighted by atomic mass is 10.0. The SMILES string of the molecule is COc1ccc(C(=O)Nc2cccc(/C(C)=N/NC(=O)c3c(O)ccc4ccccc34)c2)cc1. The predicted molar refractivity (Wildman–Crippen MR) is 133 cm³/mol. The van der Waals surface area contributed by atoms with Gasteiger partial charge in [0, 0.05) is 11.3 Å². The summed E-state index contributed by atoms with van der Waals surface area (Å²) in [6, 6.07) is 24.5. The Balaban J connectivity index is 1.49. The van der Waals surface area contributed by atoms with Crippen LogP contribution in [0.4, 0.5) is 5.69 Å². The minimum Gasteiger partial charge on any atom is -0.507 e. The second-order valence-electron chi connectivity index (χ2n) is 7.58. The second kappa shape index (κ2) is 9.87. The van der Waals surface area contributed by atoms with E-state index in [9.17, 15) is 14.7 Å². The number of methoxy groups -OCH3 is 1. The largest absolute Gasteiger partial charge is 0.507 e. The van der Waals surface area contributed by atoms with Crippen LogP contribution in [0.15, 0.2) is 90.0 Å². The standard InChI is InChI=1S/C27H23N3O4/c1-17(29-30-27(33)25-23-9-4-3-6-18(23)12-15-24(25)31)20-7-5-8-21(16-20)28-26(32)19-10-13-22(34-2)14-11-19/h3-16,31H,1-2H3,(H,28,32)(H,30,33)/b29-17+. The average molecular weight is 453 g/mol. The minimum absolute atomic E-state index is 0.118. The Bertz CT molecular complexity index is 1390. The van der Waals surface area contributed by atoms with Crippen molar-refractivity contribution in [3.63, 3.8) is 0 Å². The molecular formula is C27H23N3O4. The van der Waals surface area contributed by atoms with E-state index in [4.69, 9.17) is 4.74 Å². The monoisotopic (exact) mass is 453 g/mol. The van der Waals surface area contributed by atoms with E-state index in [0.717, 1.165) is 10.9 Å². The molecule has 0 saturated carbocycles. The van der Waals surface area contributed by atoms with Crippen molar-refractivity contribution < 1.29 is 19.4 Å². The third kappa shape index (κ3) is 4.88. The number of aromatic hydroxyl groups is 1. The van der Waals surface area contributed by atoms with Crippen LogP contribution in [0.3, 0.4) is 0 Å². The normalized spacial score (nSPS) is 11.2. The Morgan fingerprint density at radius 3 is 2.38 bits per heavy atom. The van der Waals surface area contributed by atoms with E-state index in [1.807, 2.05) is 18.2 Å². The number of carbonyl (C=O) groups is 2. The molecule has 4 aromatic carbocycles. The number of carbonyl (C=O) groups excluding carboxylic acids is 2. The molecule has 2 amide bonds. The number of rotatable bonds is 6. The van der Waals surface area contributed by atoms with Crippen LogP contribution in [0, 0.1) is 0 Å². The third-order valence-electron chi connectivity index (χ3n) is 5.35. The highest BCUT2D eigenvalue weighted by Gasteiger charge is 2.15. The first kappa shape index (κ1) is 22.5. The molecule has 0 aromatic heterocycles. The van der Waals surface area contributed by atoms with Crippen LogP contribution in [0.2, 0.25) is 0 Å². The number of phenolic OH excluding ortho intramolecular Hbond substituents is 1. The Labute approximate surface area is 196 Å². The summed E-state index contributed by atoms with van der Waals surface area (Å²) in [6.45, 7) is 1.74. The fourth-order valence-corrected chi connectivity index (χ4v) is 3.52. The van der Waals surface area contributed by atoms with Crippen molar-refractivity contribution in [1.82, 2.24) is 5.43 Å². The van der Waals surface area contributed by atoms with Gasteiger partial charge in [0.05, 0.1) is 18.4 Å². The third-order valence-corrected chi connectivity index (χ3v) is 5.35. The van der Waals surface area contributed by atoms with Gasteiger partial charge in [0.25, 0.3) is 11.8 Å². The first-order valence-electron chi connectivity index (χ1n) is 10.6. The number of anilines is 1. The Hall–Kier alpha value is -4.65. The van der Waals surface area contributed by atoms with Gasteiger partial charge in [-0.25, -0.2) is 5.43 Å². The molecular weight excluding hydrogens is 430 g/mol. The molecule has 0 atom stereocenters. The van der Waals surface area contributed by atoms with Crippen LogP contribution in [0.25, 0.3) is 10.8 Å². The van der Waals surface area contributed by atoms with Crippen molar-refractivity contribution in [1.29, 1.82) is 0 Å². The van der Waals surface area contributed by atoms with Gasteiger partial charge in [-0.3, -0.25) is 9.59 Å². The molecule has 0 aliphatic heterocycles. The summed E-state index contributed by atoms with van der Waals surface area (Å²) in [6.07, 6.45) is 0. The van der Waals surface area contributed by atoms with Gasteiger partial charge >= 0.3 is 0 Å². The van der Waals surface area contributed by atoms with Crippen molar-refractivity contribution in [2.45, 2.75) is 6.92 Å². The van der Waals surface area contributed by atoms with Gasteiger partial charge in [0.15, 0.2) is 0 Å². The predicted octanol–water partition coefficient (Wildman–Crippen LogP) is 4.96. The first-order chi connectivity index (χ1) is 16.5. The number of hydrogen-bond donors (Lipinski definition) is 3. The van der Waals surface area contributed by atoms with Crippen molar-refractivity contribution in [2.75, 3.05) is 12.4 Å². The molecule has 4 aromatic rings. The van der Waals surface area contributed by atoms with Crippen LogP contribution in [0.5, 0.6) is 11.5 Å². The summed E-state index contributed by atoms with van der Waals surface area (Å²) in [5, 5.41) is 18.8. The average Bonchev–Trinajstić information content (AvgIpc) is 2.87. The van der Waals surface area contributed by atoms with Gasteiger partial charge in [0.2, 0.25) is 0 Å². The maximum Gasteiger partial charge on any atom is 0.275 e. The van der Waals surface area contributed by atoms with Gasteiger partial charge in [-0.2, -0.15) is 5.10 Å². The van der Waals surface area contributed by atoms with Gasteiger partial charge in [-0.1, -0.05) is 42.5 Å². The van der Waals surface area contributed by atoms with Crippen LogP contribution >= 0.6 is 0 Å². The zero-order chi connectivity index (χ0) is 24.1. The summed E-state index contributed by atoms with van der Waals surface area (Å²) in [7, 11) is 1.57. The van der Waals surface area contributed by atoms with Crippen LogP contribution in [-0.2, 0) is 0 Å². The van der Waals surface area contributed by atoms with E-state index in [0.29, 0.717) is 28.1 Å². The summed E-state index contributed by atoms with van der Waals surface area (Å²) < 4.78 is 5.12. The molecule has 0 aliphatic rings. The topological polar surface area (TPSA) is 100 Å². The summed E-state index contributed by atoms with van der Waals surface area (Å²) in [5.41, 5.74) is 5.02. The highest BCUT2D eigenvalue weighted by atomic mass is 16.5. The fourth-order valence-electron chi connectivity index (χ4n) is 3.52. The molecule has 0 heterocycles. The number of ether oxygens (including phenoxy) is 1. The molecule has 0 radical (unpaired) electrons. The van der Waals surface area contributed by atoms with Gasteiger partial charge in [-0.05, 0) is 65.7 Å². The lowest BCUT2D eigenvalue weighted by Gasteiger charge is -2.10. The number of hydrazone groups is 1. The molecule has 0 bridgehead atoms. The van der Waals surface area contributed by atoms with E-state index in [-0.39, 0.29) is 17.2 Å². The first-order valence-corrected chi connectivity index (χ1v) is 10.6. The van der Waals surface area contributed by atoms with Gasteiger partial charge in [-0.15, -0.1) is 0 Å². The molecule has 170 valence electrons. The zero-order valence-corrected chi connectivity index (χ0v) is 18.7. The minimum atomic E-state index is -0.516. The number of benzene rings is 4. The van der Waals surface area contributed by atoms with E-state index in [1.165, 1.54) is 6.07 Å². The number of hydrogen-bond acceptors (Lipinski definition) is 5. The molecule has 3 N–H and O–H groups in total. The Morgan fingerprint density at radius 2 is 1.62 bits per heavy atom. The van der Waals surface area contributed by atoms with Gasteiger partial charge in [0.1, 0.15) is 11.5 Å². The number of nitrogens with zero attached hydrogens (tertiary/aromatic N) is 1. The molecule has 0 unspecified atom stereocenters. The van der Waals surface area contributed by atoms with E-state index < -0.39 is 5.91 Å². The molecule has 0 saturated heterocycles. The number of amides is 2. The fraction of sp³-hybridized carbons (Fsp3) is 0.0741. The summed E-state index contributed by atoms with van der Waals surface area (Å²) in [4.78, 5) is 25.3. The highest BCUT2D eigenvalue weighted by Crippen LogP contribution is 2.27. The molecule has 0 spiro atoms. The molecule has 4 rings (SSSR count). The lowest BCUT2D eigenvalue weighted by molar-refractivity contribution is 0.0953. The molecule has 0 fully saturated rings. The van der Waals surface area contributed by atoms with Crippen LogP contribution < -0.4 is 15.5 Å². The quantitative estimate of drug-likeness (QED) is 0.284. The molecule has 34 heavy (non-hydrogen) atoms. The van der Waals surface area contributed by atoms with Crippen LogP contribution in [-0.4, -0.2) is 29.7 Å². The Kier molecular flexibility index (Phi) is 6.54. The number of phenols is 1. The summed E-state index contributed by atoms with van der Waals surface area (Å²) in [5.74, 6) is -0.219.